The minimum Gasteiger partial charge on any atom is -0.452 e. The van der Waals surface area contributed by atoms with E-state index < -0.39 is 5.82 Å². The summed E-state index contributed by atoms with van der Waals surface area (Å²) in [6, 6.07) is 10.9. The van der Waals surface area contributed by atoms with Crippen molar-refractivity contribution in [3.63, 3.8) is 0 Å². The van der Waals surface area contributed by atoms with Gasteiger partial charge in [0.2, 0.25) is 0 Å². The number of nitrogens with two attached hydrogens (primary N) is 1. The summed E-state index contributed by atoms with van der Waals surface area (Å²) in [5.41, 5.74) is 6.45. The molecule has 0 aliphatic rings. The molecular formula is C13H8BrFN2O. The predicted octanol–water partition coefficient (Wildman–Crippen LogP) is 3.83. The van der Waals surface area contributed by atoms with Gasteiger partial charge in [-0.25, -0.2) is 4.39 Å². The van der Waals surface area contributed by atoms with Crippen LogP contribution in [0.1, 0.15) is 5.56 Å². The van der Waals surface area contributed by atoms with E-state index >= 15 is 0 Å². The highest BCUT2D eigenvalue weighted by Gasteiger charge is 2.08. The van der Waals surface area contributed by atoms with Gasteiger partial charge in [0.05, 0.1) is 17.3 Å². The van der Waals surface area contributed by atoms with Gasteiger partial charge in [-0.15, -0.1) is 0 Å². The van der Waals surface area contributed by atoms with E-state index in [0.29, 0.717) is 15.7 Å². The SMILES string of the molecule is N#Cc1ccc(N)c(Oc2cc(Br)ccc2F)c1. The van der Waals surface area contributed by atoms with E-state index in [1.807, 2.05) is 6.07 Å². The highest BCUT2D eigenvalue weighted by molar-refractivity contribution is 9.10. The van der Waals surface area contributed by atoms with Crippen LogP contribution in [0.3, 0.4) is 0 Å². The maximum atomic E-state index is 13.5. The maximum Gasteiger partial charge on any atom is 0.165 e. The first-order chi connectivity index (χ1) is 8.60. The molecule has 2 rings (SSSR count). The van der Waals surface area contributed by atoms with Crippen LogP contribution in [0.25, 0.3) is 0 Å². The molecule has 0 aliphatic carbocycles. The van der Waals surface area contributed by atoms with Crippen LogP contribution in [-0.4, -0.2) is 0 Å². The number of hydrogen-bond acceptors (Lipinski definition) is 3. The third-order valence-corrected chi connectivity index (χ3v) is 2.75. The average Bonchev–Trinajstić information content (AvgIpc) is 2.36. The van der Waals surface area contributed by atoms with Crippen molar-refractivity contribution >= 4 is 21.6 Å². The van der Waals surface area contributed by atoms with Crippen LogP contribution >= 0.6 is 15.9 Å². The van der Waals surface area contributed by atoms with Crippen LogP contribution < -0.4 is 10.5 Å². The van der Waals surface area contributed by atoms with Crippen LogP contribution in [0.15, 0.2) is 40.9 Å². The first-order valence-electron chi connectivity index (χ1n) is 5.02. The summed E-state index contributed by atoms with van der Waals surface area (Å²) < 4.78 is 19.6. The van der Waals surface area contributed by atoms with E-state index in [1.165, 1.54) is 18.2 Å². The number of hydrogen-bond donors (Lipinski definition) is 1. The minimum atomic E-state index is -0.500. The van der Waals surface area contributed by atoms with E-state index in [-0.39, 0.29) is 11.5 Å². The molecule has 5 heteroatoms. The Bertz CT molecular complexity index is 637. The summed E-state index contributed by atoms with van der Waals surface area (Å²) in [4.78, 5) is 0. The van der Waals surface area contributed by atoms with E-state index in [4.69, 9.17) is 15.7 Å². The third kappa shape index (κ3) is 2.60. The summed E-state index contributed by atoms with van der Waals surface area (Å²) in [5, 5.41) is 8.79. The molecule has 90 valence electrons. The minimum absolute atomic E-state index is 0.0474. The van der Waals surface area contributed by atoms with Crippen molar-refractivity contribution in [2.75, 3.05) is 5.73 Å². The Hall–Kier alpha value is -2.06. The normalized spacial score (nSPS) is 9.83. The molecule has 0 saturated heterocycles. The molecule has 0 aromatic heterocycles. The molecule has 2 N–H and O–H groups in total. The smallest absolute Gasteiger partial charge is 0.165 e. The van der Waals surface area contributed by atoms with Crippen LogP contribution in [0.2, 0.25) is 0 Å². The number of halogens is 2. The fourth-order valence-corrected chi connectivity index (χ4v) is 1.71. The van der Waals surface area contributed by atoms with Gasteiger partial charge in [0.1, 0.15) is 0 Å². The number of rotatable bonds is 2. The van der Waals surface area contributed by atoms with Gasteiger partial charge >= 0.3 is 0 Å². The second kappa shape index (κ2) is 5.07. The van der Waals surface area contributed by atoms with Crippen molar-refractivity contribution < 1.29 is 9.13 Å². The maximum absolute atomic E-state index is 13.5. The number of benzene rings is 2. The van der Waals surface area contributed by atoms with Crippen LogP contribution in [0.4, 0.5) is 10.1 Å². The Morgan fingerprint density at radius 3 is 2.67 bits per heavy atom. The van der Waals surface area contributed by atoms with Crippen LogP contribution in [0, 0.1) is 17.1 Å². The predicted molar refractivity (Wildman–Crippen MR) is 69.7 cm³/mol. The Labute approximate surface area is 112 Å². The quantitative estimate of drug-likeness (QED) is 0.858. The zero-order valence-electron chi connectivity index (χ0n) is 9.15. The highest BCUT2D eigenvalue weighted by Crippen LogP contribution is 2.31. The standard InChI is InChI=1S/C13H8BrFN2O/c14-9-2-3-10(15)12(6-9)18-13-5-8(7-16)1-4-11(13)17/h1-6H,17H2. The Balaban J connectivity index is 2.39. The van der Waals surface area contributed by atoms with E-state index in [9.17, 15) is 4.39 Å². The Morgan fingerprint density at radius 1 is 1.17 bits per heavy atom. The topological polar surface area (TPSA) is 59.0 Å². The highest BCUT2D eigenvalue weighted by atomic mass is 79.9. The van der Waals surface area contributed by atoms with Gasteiger partial charge in [0.25, 0.3) is 0 Å². The second-order valence-corrected chi connectivity index (χ2v) is 4.46. The molecule has 3 nitrogen and oxygen atoms in total. The molecule has 0 saturated carbocycles. The van der Waals surface area contributed by atoms with Crippen molar-refractivity contribution in [2.24, 2.45) is 0 Å². The monoisotopic (exact) mass is 306 g/mol. The first kappa shape index (κ1) is 12.4. The van der Waals surface area contributed by atoms with Gasteiger partial charge in [-0.05, 0) is 30.3 Å². The zero-order chi connectivity index (χ0) is 13.1. The second-order valence-electron chi connectivity index (χ2n) is 3.54. The molecule has 0 aliphatic heterocycles. The molecular weight excluding hydrogens is 299 g/mol. The lowest BCUT2D eigenvalue weighted by Gasteiger charge is -2.09. The summed E-state index contributed by atoms with van der Waals surface area (Å²) in [6.07, 6.45) is 0. The molecule has 18 heavy (non-hydrogen) atoms. The Kier molecular flexibility index (Phi) is 3.49. The largest absolute Gasteiger partial charge is 0.452 e. The summed E-state index contributed by atoms with van der Waals surface area (Å²) in [5.74, 6) is -0.197. The fourth-order valence-electron chi connectivity index (χ4n) is 1.37. The number of ether oxygens (including phenoxy) is 1. The zero-order valence-corrected chi connectivity index (χ0v) is 10.7. The number of nitrogen functional groups attached to an aromatic ring is 1. The lowest BCUT2D eigenvalue weighted by atomic mass is 10.2. The number of nitrogens with zero attached hydrogens (tertiary/aromatic N) is 1. The van der Waals surface area contributed by atoms with Gasteiger partial charge in [-0.1, -0.05) is 15.9 Å². The van der Waals surface area contributed by atoms with Gasteiger partial charge in [-0.3, -0.25) is 0 Å². The van der Waals surface area contributed by atoms with Crippen molar-refractivity contribution in [3.8, 4) is 17.6 Å². The summed E-state index contributed by atoms with van der Waals surface area (Å²) in [6.45, 7) is 0. The Morgan fingerprint density at radius 2 is 1.94 bits per heavy atom. The number of anilines is 1. The molecule has 0 spiro atoms. The van der Waals surface area contributed by atoms with Crippen molar-refractivity contribution in [1.29, 1.82) is 5.26 Å². The average molecular weight is 307 g/mol. The molecule has 0 atom stereocenters. The molecule has 0 bridgehead atoms. The van der Waals surface area contributed by atoms with Gasteiger partial charge in [0, 0.05) is 10.5 Å². The van der Waals surface area contributed by atoms with Crippen molar-refractivity contribution in [1.82, 2.24) is 0 Å². The fraction of sp³-hybridized carbons (Fsp3) is 0. The van der Waals surface area contributed by atoms with E-state index in [1.54, 1.807) is 18.2 Å². The van der Waals surface area contributed by atoms with Gasteiger partial charge < -0.3 is 10.5 Å². The van der Waals surface area contributed by atoms with Crippen molar-refractivity contribution in [2.45, 2.75) is 0 Å². The first-order valence-corrected chi connectivity index (χ1v) is 5.82. The molecule has 2 aromatic carbocycles. The molecule has 0 amide bonds. The third-order valence-electron chi connectivity index (χ3n) is 2.26. The van der Waals surface area contributed by atoms with Gasteiger partial charge in [-0.2, -0.15) is 5.26 Å². The van der Waals surface area contributed by atoms with E-state index in [2.05, 4.69) is 15.9 Å². The lowest BCUT2D eigenvalue weighted by Crippen LogP contribution is -1.94. The molecule has 2 aromatic rings. The molecule has 0 unspecified atom stereocenters. The molecule has 0 radical (unpaired) electrons. The lowest BCUT2D eigenvalue weighted by molar-refractivity contribution is 0.443. The molecule has 0 fully saturated rings. The molecule has 0 heterocycles. The van der Waals surface area contributed by atoms with Crippen LogP contribution in [0.5, 0.6) is 11.5 Å². The van der Waals surface area contributed by atoms with Crippen LogP contribution in [-0.2, 0) is 0 Å². The van der Waals surface area contributed by atoms with Crippen molar-refractivity contribution in [3.05, 3.63) is 52.3 Å². The van der Waals surface area contributed by atoms with E-state index in [0.717, 1.165) is 0 Å². The summed E-state index contributed by atoms with van der Waals surface area (Å²) in [7, 11) is 0. The number of nitriles is 1. The summed E-state index contributed by atoms with van der Waals surface area (Å²) >= 11 is 3.23. The van der Waals surface area contributed by atoms with Gasteiger partial charge in [0.15, 0.2) is 17.3 Å².